The van der Waals surface area contributed by atoms with Crippen molar-refractivity contribution in [2.24, 2.45) is 0 Å². The van der Waals surface area contributed by atoms with Crippen molar-refractivity contribution in [1.82, 2.24) is 14.5 Å². The van der Waals surface area contributed by atoms with Gasteiger partial charge in [-0.1, -0.05) is 15.9 Å². The second kappa shape index (κ2) is 6.31. The summed E-state index contributed by atoms with van der Waals surface area (Å²) in [5.41, 5.74) is 3.65. The van der Waals surface area contributed by atoms with Gasteiger partial charge in [-0.05, 0) is 39.0 Å². The van der Waals surface area contributed by atoms with Crippen LogP contribution >= 0.6 is 15.9 Å². The first-order valence-electron chi connectivity index (χ1n) is 8.30. The molecule has 0 spiro atoms. The summed E-state index contributed by atoms with van der Waals surface area (Å²) in [6, 6.07) is 5.82. The van der Waals surface area contributed by atoms with Gasteiger partial charge in [-0.15, -0.1) is 0 Å². The van der Waals surface area contributed by atoms with E-state index in [4.69, 9.17) is 6.15 Å². The van der Waals surface area contributed by atoms with Crippen LogP contribution in [0.2, 0.25) is 1.41 Å². The number of aromatic nitrogens is 3. The van der Waals surface area contributed by atoms with Crippen molar-refractivity contribution in [1.29, 1.82) is 0 Å². The van der Waals surface area contributed by atoms with Gasteiger partial charge in [0.1, 0.15) is 17.9 Å². The van der Waals surface area contributed by atoms with E-state index in [2.05, 4.69) is 31.6 Å². The Morgan fingerprint density at radius 1 is 1.42 bits per heavy atom. The third-order valence-electron chi connectivity index (χ3n) is 3.70. The predicted octanol–water partition coefficient (Wildman–Crippen LogP) is 3.24. The van der Waals surface area contributed by atoms with Gasteiger partial charge in [0.25, 0.3) is 0 Å². The van der Waals surface area contributed by atoms with Crippen molar-refractivity contribution < 1.29 is 11.3 Å². The van der Waals surface area contributed by atoms with Gasteiger partial charge < -0.3 is 20.1 Å². The van der Waals surface area contributed by atoms with Crippen LogP contribution in [0.15, 0.2) is 22.7 Å². The molecular weight excluding hydrogens is 372 g/mol. The number of anilines is 1. The molecule has 3 N–H and O–H groups in total. The monoisotopic (exact) mass is 394 g/mol. The summed E-state index contributed by atoms with van der Waals surface area (Å²) in [5.74, 6) is 1.08. The van der Waals surface area contributed by atoms with Crippen LogP contribution in [0.25, 0.3) is 21.9 Å². The summed E-state index contributed by atoms with van der Waals surface area (Å²) in [5, 5.41) is 11.3. The van der Waals surface area contributed by atoms with Crippen LogP contribution in [0.3, 0.4) is 0 Å². The second-order valence-electron chi connectivity index (χ2n) is 6.38. The molecule has 0 radical (unpaired) electrons. The van der Waals surface area contributed by atoms with Crippen LogP contribution in [0.4, 0.5) is 5.82 Å². The molecule has 3 rings (SSSR count). The SMILES string of the molecule is [3H]Nc1nc2cc(Br)ccc2c2c1nc(COCC)n2CC(C)(C)O. The fraction of sp³-hybridized carbons (Fsp3) is 0.412. The summed E-state index contributed by atoms with van der Waals surface area (Å²) in [7, 11) is 0. The Morgan fingerprint density at radius 3 is 2.88 bits per heavy atom. The molecule has 0 amide bonds. The number of nitrogens with zero attached hydrogens (tertiary/aromatic N) is 3. The van der Waals surface area contributed by atoms with Gasteiger partial charge in [0.05, 0.1) is 23.2 Å². The average Bonchev–Trinajstić information content (AvgIpc) is 2.88. The van der Waals surface area contributed by atoms with E-state index in [0.717, 1.165) is 20.9 Å². The first-order chi connectivity index (χ1) is 11.8. The Balaban J connectivity index is 2.36. The number of aliphatic hydroxyl groups is 1. The minimum Gasteiger partial charge on any atom is -0.389 e. The zero-order valence-electron chi connectivity index (χ0n) is 14.9. The van der Waals surface area contributed by atoms with Crippen LogP contribution in [-0.2, 0) is 17.9 Å². The van der Waals surface area contributed by atoms with E-state index in [1.165, 1.54) is 0 Å². The highest BCUT2D eigenvalue weighted by Gasteiger charge is 2.22. The van der Waals surface area contributed by atoms with E-state index in [-0.39, 0.29) is 0 Å². The quantitative estimate of drug-likeness (QED) is 0.669. The van der Waals surface area contributed by atoms with Gasteiger partial charge in [-0.3, -0.25) is 0 Å². The summed E-state index contributed by atoms with van der Waals surface area (Å²) in [4.78, 5) is 9.15. The Morgan fingerprint density at radius 2 is 2.21 bits per heavy atom. The number of pyridine rings is 1. The first kappa shape index (κ1) is 15.8. The Labute approximate surface area is 150 Å². The fourth-order valence-corrected chi connectivity index (χ4v) is 3.12. The van der Waals surface area contributed by atoms with Crippen molar-refractivity contribution in [3.8, 4) is 0 Å². The number of benzene rings is 1. The van der Waals surface area contributed by atoms with E-state index in [1.54, 1.807) is 13.8 Å². The Hall–Kier alpha value is -1.70. The highest BCUT2D eigenvalue weighted by Crippen LogP contribution is 2.31. The second-order valence-corrected chi connectivity index (χ2v) is 7.30. The average molecular weight is 395 g/mol. The summed E-state index contributed by atoms with van der Waals surface area (Å²) in [6.07, 6.45) is 0. The van der Waals surface area contributed by atoms with Crippen LogP contribution in [-0.4, -0.2) is 31.8 Å². The lowest BCUT2D eigenvalue weighted by molar-refractivity contribution is 0.0582. The Bertz CT molecular complexity index is 921. The van der Waals surface area contributed by atoms with Gasteiger partial charge in [-0.25, -0.2) is 9.97 Å². The molecule has 0 saturated carbocycles. The molecular formula is C17H21BrN4O2. The molecule has 2 aromatic heterocycles. The molecule has 1 aromatic carbocycles. The summed E-state index contributed by atoms with van der Waals surface area (Å²) < 4.78 is 16.0. The molecule has 0 unspecified atom stereocenters. The zero-order valence-corrected chi connectivity index (χ0v) is 15.5. The number of fused-ring (bicyclic) bond motifs is 3. The smallest absolute Gasteiger partial charge is 0.158 e. The van der Waals surface area contributed by atoms with Gasteiger partial charge >= 0.3 is 0 Å². The number of rotatable bonds is 6. The number of hydrogen-bond acceptors (Lipinski definition) is 5. The molecule has 0 bridgehead atoms. The minimum atomic E-state index is -0.923. The molecule has 128 valence electrons. The predicted molar refractivity (Wildman–Crippen MR) is 98.8 cm³/mol. The summed E-state index contributed by atoms with van der Waals surface area (Å²) >= 11 is 3.46. The number of halogens is 1. The molecule has 24 heavy (non-hydrogen) atoms. The van der Waals surface area contributed by atoms with Crippen LogP contribution in [0, 0.1) is 0 Å². The van der Waals surface area contributed by atoms with Crippen molar-refractivity contribution in [2.45, 2.75) is 39.5 Å². The zero-order chi connectivity index (χ0) is 18.2. The molecule has 2 heterocycles. The van der Waals surface area contributed by atoms with E-state index in [1.807, 2.05) is 29.7 Å². The molecule has 0 fully saturated rings. The lowest BCUT2D eigenvalue weighted by Gasteiger charge is -2.20. The molecule has 7 heteroatoms. The highest BCUT2D eigenvalue weighted by molar-refractivity contribution is 9.10. The van der Waals surface area contributed by atoms with Gasteiger partial charge in [-0.2, -0.15) is 0 Å². The topological polar surface area (TPSA) is 86.2 Å². The minimum absolute atomic E-state index is 0.330. The highest BCUT2D eigenvalue weighted by atomic mass is 79.9. The number of ether oxygens (including phenoxy) is 1. The van der Waals surface area contributed by atoms with Crippen LogP contribution in [0.1, 0.15) is 26.6 Å². The van der Waals surface area contributed by atoms with Crippen molar-refractivity contribution in [3.63, 3.8) is 0 Å². The number of imidazole rings is 1. The molecule has 6 nitrogen and oxygen atoms in total. The molecule has 0 aliphatic carbocycles. The van der Waals surface area contributed by atoms with Gasteiger partial charge in [0.2, 0.25) is 0 Å². The molecule has 0 aliphatic rings. The van der Waals surface area contributed by atoms with Crippen molar-refractivity contribution in [3.05, 3.63) is 28.5 Å². The van der Waals surface area contributed by atoms with E-state index < -0.39 is 5.60 Å². The fourth-order valence-electron chi connectivity index (χ4n) is 2.77. The maximum atomic E-state index is 10.4. The largest absolute Gasteiger partial charge is 0.389 e. The normalized spacial score (nSPS) is 12.8. The molecule has 3 aromatic rings. The van der Waals surface area contributed by atoms with E-state index in [0.29, 0.717) is 36.9 Å². The third kappa shape index (κ3) is 3.24. The molecule has 0 aliphatic heterocycles. The standard InChI is InChI=1S/C17H21BrN4O2/c1-4-24-8-13-21-14-15(22(13)9-17(2,3)23)11-6-5-10(18)7-12(11)20-16(14)19/h5-7,23H,4,8-9H2,1-3H3,(H2,19,20)/i/hT. The lowest BCUT2D eigenvalue weighted by Crippen LogP contribution is -2.27. The van der Waals surface area contributed by atoms with Crippen LogP contribution in [0.5, 0.6) is 0 Å². The maximum Gasteiger partial charge on any atom is 0.158 e. The summed E-state index contributed by atoms with van der Waals surface area (Å²) in [6.45, 7) is 6.70. The van der Waals surface area contributed by atoms with E-state index in [9.17, 15) is 5.11 Å². The van der Waals surface area contributed by atoms with E-state index >= 15 is 0 Å². The molecule has 0 saturated heterocycles. The Kier molecular flexibility index (Phi) is 4.15. The third-order valence-corrected chi connectivity index (χ3v) is 4.19. The maximum absolute atomic E-state index is 10.4. The lowest BCUT2D eigenvalue weighted by atomic mass is 10.1. The number of nitrogens with two attached hydrogens (primary N) is 1. The van der Waals surface area contributed by atoms with Crippen molar-refractivity contribution >= 4 is 43.7 Å². The van der Waals surface area contributed by atoms with Crippen LogP contribution < -0.4 is 5.73 Å². The van der Waals surface area contributed by atoms with Gasteiger partial charge in [0, 0.05) is 16.5 Å². The van der Waals surface area contributed by atoms with Gasteiger partial charge in [0.15, 0.2) is 7.23 Å². The number of nitrogen functional groups attached to an aromatic ring is 1. The number of hydrogen-bond donors (Lipinski definition) is 2. The van der Waals surface area contributed by atoms with Crippen molar-refractivity contribution in [2.75, 3.05) is 12.3 Å². The first-order valence-corrected chi connectivity index (χ1v) is 8.59. The molecule has 0 atom stereocenters.